The minimum Gasteiger partial charge on any atom is -0.493 e. The number of nitriles is 1. The largest absolute Gasteiger partial charge is 0.493 e. The molecule has 3 unspecified atom stereocenters. The highest BCUT2D eigenvalue weighted by molar-refractivity contribution is 5.49. The van der Waals surface area contributed by atoms with E-state index < -0.39 is 11.0 Å². The topological polar surface area (TPSA) is 51.5 Å². The van der Waals surface area contributed by atoms with Crippen molar-refractivity contribution in [1.82, 2.24) is 0 Å². The lowest BCUT2D eigenvalue weighted by atomic mass is 9.50. The van der Waals surface area contributed by atoms with Crippen LogP contribution in [0.3, 0.4) is 0 Å². The van der Waals surface area contributed by atoms with Gasteiger partial charge in [-0.05, 0) is 43.9 Å². The molecule has 0 saturated heterocycles. The van der Waals surface area contributed by atoms with E-state index in [2.05, 4.69) is 24.3 Å². The van der Waals surface area contributed by atoms with Crippen molar-refractivity contribution in [3.63, 3.8) is 0 Å². The van der Waals surface area contributed by atoms with Gasteiger partial charge in [0.1, 0.15) is 5.60 Å². The second-order valence-electron chi connectivity index (χ2n) is 6.77. The summed E-state index contributed by atoms with van der Waals surface area (Å²) < 4.78 is 16.6. The molecule has 3 atom stereocenters. The highest BCUT2D eigenvalue weighted by Crippen LogP contribution is 2.59. The number of methoxy groups -OCH3 is 3. The van der Waals surface area contributed by atoms with Gasteiger partial charge in [0.15, 0.2) is 11.5 Å². The summed E-state index contributed by atoms with van der Waals surface area (Å²) in [5.74, 6) is 1.44. The van der Waals surface area contributed by atoms with Crippen molar-refractivity contribution in [3.05, 3.63) is 35.9 Å². The molecule has 1 fully saturated rings. The number of nitrogens with zero attached hydrogens (tertiary/aromatic N) is 1. The zero-order chi connectivity index (χ0) is 16.7. The quantitative estimate of drug-likeness (QED) is 0.797. The minimum atomic E-state index is -0.540. The Morgan fingerprint density at radius 2 is 1.78 bits per heavy atom. The van der Waals surface area contributed by atoms with E-state index in [1.807, 2.05) is 19.1 Å². The van der Waals surface area contributed by atoms with Gasteiger partial charge in [0.05, 0.1) is 25.7 Å². The first-order valence-corrected chi connectivity index (χ1v) is 7.87. The molecule has 4 heteroatoms. The zero-order valence-corrected chi connectivity index (χ0v) is 14.2. The van der Waals surface area contributed by atoms with E-state index in [4.69, 9.17) is 14.2 Å². The zero-order valence-electron chi connectivity index (χ0n) is 14.2. The molecule has 0 spiro atoms. The van der Waals surface area contributed by atoms with Crippen molar-refractivity contribution in [3.8, 4) is 17.6 Å². The Bertz CT molecular complexity index is 692. The maximum absolute atomic E-state index is 9.80. The molecule has 1 aromatic rings. The first-order valence-electron chi connectivity index (χ1n) is 7.87. The molecule has 4 nitrogen and oxygen atoms in total. The Balaban J connectivity index is 2.09. The summed E-state index contributed by atoms with van der Waals surface area (Å²) in [6.45, 7) is 2.01. The van der Waals surface area contributed by atoms with Gasteiger partial charge in [-0.1, -0.05) is 18.2 Å². The van der Waals surface area contributed by atoms with Gasteiger partial charge in [0.2, 0.25) is 0 Å². The third kappa shape index (κ3) is 2.07. The third-order valence-corrected chi connectivity index (χ3v) is 5.79. The summed E-state index contributed by atoms with van der Waals surface area (Å²) >= 11 is 0. The fraction of sp³-hybridized carbons (Fsp3) is 0.526. The number of allylic oxidation sites excluding steroid dienone is 1. The first kappa shape index (κ1) is 15.9. The van der Waals surface area contributed by atoms with Crippen LogP contribution in [0.5, 0.6) is 11.5 Å². The van der Waals surface area contributed by atoms with Gasteiger partial charge >= 0.3 is 0 Å². The lowest BCUT2D eigenvalue weighted by Gasteiger charge is -2.56. The predicted octanol–water partition coefficient (Wildman–Crippen LogP) is 3.61. The van der Waals surface area contributed by atoms with Crippen LogP contribution in [0.4, 0.5) is 0 Å². The summed E-state index contributed by atoms with van der Waals surface area (Å²) in [7, 11) is 4.98. The van der Waals surface area contributed by atoms with E-state index in [9.17, 15) is 5.26 Å². The molecule has 23 heavy (non-hydrogen) atoms. The molecule has 3 aliphatic carbocycles. The van der Waals surface area contributed by atoms with Crippen LogP contribution in [0.2, 0.25) is 0 Å². The molecule has 2 bridgehead atoms. The highest BCUT2D eigenvalue weighted by atomic mass is 16.5. The molecule has 0 aromatic heterocycles. The third-order valence-electron chi connectivity index (χ3n) is 5.79. The number of rotatable bonds is 4. The molecule has 4 rings (SSSR count). The normalized spacial score (nSPS) is 34.9. The molecule has 0 heterocycles. The van der Waals surface area contributed by atoms with E-state index >= 15 is 0 Å². The average Bonchev–Trinajstić information content (AvgIpc) is 2.61. The van der Waals surface area contributed by atoms with E-state index in [0.717, 1.165) is 36.3 Å². The molecular formula is C19H23NO3. The van der Waals surface area contributed by atoms with Gasteiger partial charge in [0, 0.05) is 12.5 Å². The average molecular weight is 313 g/mol. The predicted molar refractivity (Wildman–Crippen MR) is 87.7 cm³/mol. The monoisotopic (exact) mass is 313 g/mol. The summed E-state index contributed by atoms with van der Waals surface area (Å²) in [6, 6.07) is 8.57. The first-order chi connectivity index (χ1) is 11.0. The van der Waals surface area contributed by atoms with Crippen molar-refractivity contribution in [2.75, 3.05) is 21.3 Å². The molecule has 0 radical (unpaired) electrons. The summed E-state index contributed by atoms with van der Waals surface area (Å²) in [4.78, 5) is 0. The molecule has 122 valence electrons. The number of ether oxygens (including phenoxy) is 3. The van der Waals surface area contributed by atoms with Crippen LogP contribution in [0.15, 0.2) is 30.4 Å². The van der Waals surface area contributed by atoms with E-state index in [1.54, 1.807) is 21.3 Å². The Kier molecular flexibility index (Phi) is 3.65. The number of benzene rings is 1. The SMILES string of the molecule is COc1ccc(C23C=CC(OC)(CC2)C(C)(C#N)C3)cc1OC. The van der Waals surface area contributed by atoms with Crippen LogP contribution < -0.4 is 9.47 Å². The highest BCUT2D eigenvalue weighted by Gasteiger charge is 2.59. The van der Waals surface area contributed by atoms with E-state index in [1.165, 1.54) is 0 Å². The van der Waals surface area contributed by atoms with Crippen LogP contribution in [0.25, 0.3) is 0 Å². The summed E-state index contributed by atoms with van der Waals surface area (Å²) in [6.07, 6.45) is 6.87. The van der Waals surface area contributed by atoms with Crippen LogP contribution in [0, 0.1) is 16.7 Å². The number of fused-ring (bicyclic) bond motifs is 2. The van der Waals surface area contributed by atoms with Gasteiger partial charge in [-0.2, -0.15) is 5.26 Å². The van der Waals surface area contributed by atoms with Crippen LogP contribution in [0.1, 0.15) is 31.7 Å². The van der Waals surface area contributed by atoms with Crippen LogP contribution >= 0.6 is 0 Å². The Hall–Kier alpha value is -1.99. The molecule has 0 N–H and O–H groups in total. The molecule has 0 aliphatic heterocycles. The maximum Gasteiger partial charge on any atom is 0.161 e. The van der Waals surface area contributed by atoms with Gasteiger partial charge in [-0.15, -0.1) is 0 Å². The van der Waals surface area contributed by atoms with Crippen molar-refractivity contribution in [1.29, 1.82) is 5.26 Å². The fourth-order valence-electron chi connectivity index (χ4n) is 4.28. The Morgan fingerprint density at radius 3 is 2.30 bits per heavy atom. The molecule has 3 aliphatic rings. The molecule has 0 amide bonds. The van der Waals surface area contributed by atoms with Crippen molar-refractivity contribution >= 4 is 0 Å². The fourth-order valence-corrected chi connectivity index (χ4v) is 4.28. The molecule has 1 saturated carbocycles. The van der Waals surface area contributed by atoms with Gasteiger partial charge in [0.25, 0.3) is 0 Å². The van der Waals surface area contributed by atoms with Gasteiger partial charge in [-0.25, -0.2) is 0 Å². The van der Waals surface area contributed by atoms with Crippen molar-refractivity contribution in [2.24, 2.45) is 5.41 Å². The van der Waals surface area contributed by atoms with E-state index in [-0.39, 0.29) is 5.41 Å². The van der Waals surface area contributed by atoms with E-state index in [0.29, 0.717) is 0 Å². The number of hydrogen-bond acceptors (Lipinski definition) is 4. The van der Waals surface area contributed by atoms with Crippen molar-refractivity contribution in [2.45, 2.75) is 37.2 Å². The lowest BCUT2D eigenvalue weighted by Crippen LogP contribution is -2.57. The summed E-state index contributed by atoms with van der Waals surface area (Å²) in [5, 5.41) is 9.80. The van der Waals surface area contributed by atoms with Crippen molar-refractivity contribution < 1.29 is 14.2 Å². The second-order valence-corrected chi connectivity index (χ2v) is 6.77. The second kappa shape index (κ2) is 5.28. The van der Waals surface area contributed by atoms with Gasteiger partial charge < -0.3 is 14.2 Å². The standard InChI is InChI=1S/C19H23NO3/c1-17(13-20)12-18(7-9-19(17,23-4)10-8-18)14-5-6-15(21-2)16(11-14)22-3/h5-7,9,11H,8,10,12H2,1-4H3. The maximum atomic E-state index is 9.80. The smallest absolute Gasteiger partial charge is 0.161 e. The Morgan fingerprint density at radius 1 is 1.04 bits per heavy atom. The van der Waals surface area contributed by atoms with Gasteiger partial charge in [-0.3, -0.25) is 0 Å². The van der Waals surface area contributed by atoms with Crippen LogP contribution in [-0.4, -0.2) is 26.9 Å². The minimum absolute atomic E-state index is 0.149. The van der Waals surface area contributed by atoms with Crippen LogP contribution in [-0.2, 0) is 10.2 Å². The molecular weight excluding hydrogens is 290 g/mol. The Labute approximate surface area is 137 Å². The number of hydrogen-bond donors (Lipinski definition) is 0. The molecule has 1 aromatic carbocycles. The summed E-state index contributed by atoms with van der Waals surface area (Å²) in [5.41, 5.74) is 0.00371. The lowest BCUT2D eigenvalue weighted by molar-refractivity contribution is -0.0936.